The predicted molar refractivity (Wildman–Crippen MR) is 114 cm³/mol. The van der Waals surface area contributed by atoms with Crippen LogP contribution in [0.3, 0.4) is 0 Å². The molecule has 0 fully saturated rings. The van der Waals surface area contributed by atoms with Gasteiger partial charge in [-0.05, 0) is 42.8 Å². The monoisotopic (exact) mass is 408 g/mol. The van der Waals surface area contributed by atoms with Gasteiger partial charge in [0.05, 0.1) is 24.6 Å². The number of methoxy groups -OCH3 is 2. The summed E-state index contributed by atoms with van der Waals surface area (Å²) in [6.45, 7) is 1.04. The Kier molecular flexibility index (Phi) is 5.67. The number of hydrogen-bond acceptors (Lipinski definition) is 5. The van der Waals surface area contributed by atoms with E-state index in [1.807, 2.05) is 28.8 Å². The highest BCUT2D eigenvalue weighted by Gasteiger charge is 2.40. The van der Waals surface area contributed by atoms with Crippen molar-refractivity contribution in [2.24, 2.45) is 0 Å². The molecule has 1 aliphatic heterocycles. The Morgan fingerprint density at radius 1 is 1.13 bits per heavy atom. The molecule has 0 radical (unpaired) electrons. The van der Waals surface area contributed by atoms with Crippen molar-refractivity contribution >= 4 is 34.5 Å². The van der Waals surface area contributed by atoms with Crippen molar-refractivity contribution in [2.45, 2.75) is 18.9 Å². The maximum atomic E-state index is 13.2. The van der Waals surface area contributed by atoms with E-state index in [0.717, 1.165) is 11.0 Å². The van der Waals surface area contributed by atoms with Crippen LogP contribution in [0, 0.1) is 0 Å². The van der Waals surface area contributed by atoms with Crippen molar-refractivity contribution < 1.29 is 19.1 Å². The minimum absolute atomic E-state index is 0.0268. The zero-order chi connectivity index (χ0) is 21.1. The summed E-state index contributed by atoms with van der Waals surface area (Å²) in [5, 5.41) is 2.86. The van der Waals surface area contributed by atoms with Crippen LogP contribution >= 0.6 is 0 Å². The van der Waals surface area contributed by atoms with Gasteiger partial charge in [0.15, 0.2) is 0 Å². The number of nitrogens with zero attached hydrogens (tertiary/aromatic N) is 3. The first-order chi connectivity index (χ1) is 14.6. The van der Waals surface area contributed by atoms with Gasteiger partial charge in [0.1, 0.15) is 11.8 Å². The summed E-state index contributed by atoms with van der Waals surface area (Å²) in [6.07, 6.45) is 0.717. The van der Waals surface area contributed by atoms with E-state index in [1.54, 1.807) is 43.4 Å². The normalized spacial score (nSPS) is 15.5. The van der Waals surface area contributed by atoms with E-state index >= 15 is 0 Å². The smallest absolute Gasteiger partial charge is 0.253 e. The van der Waals surface area contributed by atoms with Crippen molar-refractivity contribution in [3.8, 4) is 5.75 Å². The summed E-state index contributed by atoms with van der Waals surface area (Å²) in [5.41, 5.74) is 2.30. The Balaban J connectivity index is 1.57. The molecule has 0 saturated heterocycles. The highest BCUT2D eigenvalue weighted by Crippen LogP contribution is 2.36. The molecule has 4 rings (SSSR count). The lowest BCUT2D eigenvalue weighted by Crippen LogP contribution is -2.32. The maximum Gasteiger partial charge on any atom is 0.253 e. The van der Waals surface area contributed by atoms with Crippen LogP contribution in [0.1, 0.15) is 18.9 Å². The zero-order valence-electron chi connectivity index (χ0n) is 17.0. The Morgan fingerprint density at radius 3 is 2.63 bits per heavy atom. The van der Waals surface area contributed by atoms with Crippen LogP contribution < -0.4 is 15.0 Å². The van der Waals surface area contributed by atoms with Gasteiger partial charge in [0, 0.05) is 25.9 Å². The molecular formula is C22H24N4O4. The summed E-state index contributed by atoms with van der Waals surface area (Å²) in [4.78, 5) is 32.2. The number of hydrogen-bond donors (Lipinski definition) is 1. The van der Waals surface area contributed by atoms with Crippen molar-refractivity contribution in [3.05, 3.63) is 48.5 Å². The molecule has 1 aliphatic rings. The third-order valence-corrected chi connectivity index (χ3v) is 5.16. The quantitative estimate of drug-likeness (QED) is 0.579. The van der Waals surface area contributed by atoms with Gasteiger partial charge in [0.2, 0.25) is 11.9 Å². The van der Waals surface area contributed by atoms with Crippen LogP contribution in [0.4, 0.5) is 11.6 Å². The fraction of sp³-hybridized carbons (Fsp3) is 0.318. The van der Waals surface area contributed by atoms with E-state index in [0.29, 0.717) is 37.0 Å². The fourth-order valence-corrected chi connectivity index (χ4v) is 3.74. The largest absolute Gasteiger partial charge is 0.497 e. The van der Waals surface area contributed by atoms with E-state index in [-0.39, 0.29) is 18.2 Å². The molecule has 2 amide bonds. The summed E-state index contributed by atoms with van der Waals surface area (Å²) in [7, 11) is 3.22. The molecule has 1 atom stereocenters. The Bertz CT molecular complexity index is 1060. The topological polar surface area (TPSA) is 85.7 Å². The SMILES string of the molecule is COCCCN1C(=O)C(CC(=O)Nc2ccc(OC)cc2)n2c1nc1ccccc12. The highest BCUT2D eigenvalue weighted by atomic mass is 16.5. The molecule has 8 heteroatoms. The third-order valence-electron chi connectivity index (χ3n) is 5.16. The van der Waals surface area contributed by atoms with E-state index in [2.05, 4.69) is 10.3 Å². The molecular weight excluding hydrogens is 384 g/mol. The summed E-state index contributed by atoms with van der Waals surface area (Å²) in [6, 6.07) is 14.1. The number of rotatable bonds is 8. The number of benzene rings is 2. The number of fused-ring (bicyclic) bond motifs is 3. The minimum Gasteiger partial charge on any atom is -0.497 e. The number of para-hydroxylation sites is 2. The second kappa shape index (κ2) is 8.54. The first-order valence-corrected chi connectivity index (χ1v) is 9.83. The number of anilines is 2. The van der Waals surface area contributed by atoms with Crippen LogP contribution in [0.5, 0.6) is 5.75 Å². The van der Waals surface area contributed by atoms with Crippen LogP contribution in [0.25, 0.3) is 11.0 Å². The Morgan fingerprint density at radius 2 is 1.90 bits per heavy atom. The molecule has 30 heavy (non-hydrogen) atoms. The van der Waals surface area contributed by atoms with Crippen molar-refractivity contribution in [1.29, 1.82) is 0 Å². The second-order valence-electron chi connectivity index (χ2n) is 7.10. The van der Waals surface area contributed by atoms with E-state index in [9.17, 15) is 9.59 Å². The van der Waals surface area contributed by atoms with E-state index in [4.69, 9.17) is 9.47 Å². The predicted octanol–water partition coefficient (Wildman–Crippen LogP) is 3.00. The number of ether oxygens (including phenoxy) is 2. The lowest BCUT2D eigenvalue weighted by atomic mass is 10.1. The Labute approximate surface area is 174 Å². The molecule has 8 nitrogen and oxygen atoms in total. The molecule has 156 valence electrons. The van der Waals surface area contributed by atoms with Gasteiger partial charge in [-0.3, -0.25) is 19.1 Å². The molecule has 2 heterocycles. The standard InChI is InChI=1S/C22H24N4O4/c1-29-13-5-12-25-21(28)19(26-18-7-4-3-6-17(18)24-22(25)26)14-20(27)23-15-8-10-16(30-2)11-9-15/h3-4,6-11,19H,5,12-14H2,1-2H3,(H,23,27). The lowest BCUT2D eigenvalue weighted by molar-refractivity contribution is -0.124. The molecule has 1 aromatic heterocycles. The molecule has 0 bridgehead atoms. The summed E-state index contributed by atoms with van der Waals surface area (Å²) >= 11 is 0. The van der Waals surface area contributed by atoms with Crippen molar-refractivity contribution in [2.75, 3.05) is 37.6 Å². The average Bonchev–Trinajstić information content (AvgIpc) is 3.24. The third kappa shape index (κ3) is 3.73. The number of amides is 2. The molecule has 2 aromatic carbocycles. The van der Waals surface area contributed by atoms with Gasteiger partial charge in [0.25, 0.3) is 5.91 Å². The summed E-state index contributed by atoms with van der Waals surface area (Å²) in [5.74, 6) is 0.935. The van der Waals surface area contributed by atoms with Crippen molar-refractivity contribution in [3.63, 3.8) is 0 Å². The number of imidazole rings is 1. The maximum absolute atomic E-state index is 13.2. The number of carbonyl (C=O) groups excluding carboxylic acids is 2. The zero-order valence-corrected chi connectivity index (χ0v) is 17.0. The number of carbonyl (C=O) groups is 2. The van der Waals surface area contributed by atoms with Crippen LogP contribution in [0.2, 0.25) is 0 Å². The second-order valence-corrected chi connectivity index (χ2v) is 7.10. The highest BCUT2D eigenvalue weighted by molar-refractivity contribution is 6.05. The molecule has 1 N–H and O–H groups in total. The van der Waals surface area contributed by atoms with Crippen molar-refractivity contribution in [1.82, 2.24) is 9.55 Å². The van der Waals surface area contributed by atoms with Gasteiger partial charge >= 0.3 is 0 Å². The summed E-state index contributed by atoms with van der Waals surface area (Å²) < 4.78 is 12.1. The first kappa shape index (κ1) is 19.9. The average molecular weight is 408 g/mol. The lowest BCUT2D eigenvalue weighted by Gasteiger charge is -2.15. The van der Waals surface area contributed by atoms with E-state index < -0.39 is 6.04 Å². The van der Waals surface area contributed by atoms with Crippen LogP contribution in [-0.2, 0) is 14.3 Å². The molecule has 3 aromatic rings. The first-order valence-electron chi connectivity index (χ1n) is 9.83. The van der Waals surface area contributed by atoms with Gasteiger partial charge in [-0.1, -0.05) is 12.1 Å². The van der Waals surface area contributed by atoms with Gasteiger partial charge in [-0.2, -0.15) is 0 Å². The number of aromatic nitrogens is 2. The number of nitrogens with one attached hydrogen (secondary N) is 1. The Hall–Kier alpha value is -3.39. The fourth-order valence-electron chi connectivity index (χ4n) is 3.74. The van der Waals surface area contributed by atoms with Gasteiger partial charge in [-0.15, -0.1) is 0 Å². The molecule has 0 spiro atoms. The molecule has 0 saturated carbocycles. The van der Waals surface area contributed by atoms with E-state index in [1.165, 1.54) is 0 Å². The van der Waals surface area contributed by atoms with Crippen LogP contribution in [0.15, 0.2) is 48.5 Å². The minimum atomic E-state index is -0.631. The van der Waals surface area contributed by atoms with Gasteiger partial charge in [-0.25, -0.2) is 4.98 Å². The molecule has 0 aliphatic carbocycles. The van der Waals surface area contributed by atoms with Crippen LogP contribution in [-0.4, -0.2) is 48.7 Å². The molecule has 1 unspecified atom stereocenters. The van der Waals surface area contributed by atoms with Gasteiger partial charge < -0.3 is 14.8 Å².